The molecule has 0 spiro atoms. The molecule has 22 heavy (non-hydrogen) atoms. The Hall–Kier alpha value is -2.63. The molecular weight excluding hydrogens is 286 g/mol. The maximum atomic E-state index is 13.1. The molecule has 1 aliphatic carbocycles. The Morgan fingerprint density at radius 3 is 2.45 bits per heavy atom. The van der Waals surface area contributed by atoms with Gasteiger partial charge in [-0.15, -0.1) is 5.10 Å². The van der Waals surface area contributed by atoms with Crippen LogP contribution >= 0.6 is 0 Å². The van der Waals surface area contributed by atoms with Crippen LogP contribution in [0.1, 0.15) is 17.9 Å². The van der Waals surface area contributed by atoms with Crippen LogP contribution < -0.4 is 0 Å². The van der Waals surface area contributed by atoms with E-state index in [2.05, 4.69) is 15.1 Å². The van der Waals surface area contributed by atoms with Gasteiger partial charge in [0, 0.05) is 18.2 Å². The molecule has 2 heterocycles. The summed E-state index contributed by atoms with van der Waals surface area (Å²) in [7, 11) is 0. The predicted molar refractivity (Wildman–Crippen MR) is 76.9 cm³/mol. The Kier molecular flexibility index (Phi) is 2.79. The van der Waals surface area contributed by atoms with E-state index in [1.807, 2.05) is 18.2 Å². The van der Waals surface area contributed by atoms with Crippen molar-refractivity contribution in [1.82, 2.24) is 19.7 Å². The van der Waals surface area contributed by atoms with Gasteiger partial charge in [0.05, 0.1) is 5.92 Å². The average molecular weight is 298 g/mol. The quantitative estimate of drug-likeness (QED) is 0.744. The van der Waals surface area contributed by atoms with Crippen LogP contribution in [0, 0.1) is 0 Å². The van der Waals surface area contributed by atoms with Gasteiger partial charge < -0.3 is 0 Å². The van der Waals surface area contributed by atoms with Gasteiger partial charge in [-0.1, -0.05) is 30.3 Å². The topological polar surface area (TPSA) is 43.6 Å². The third-order valence-corrected chi connectivity index (χ3v) is 3.77. The number of benzene rings is 1. The maximum absolute atomic E-state index is 13.1. The molecule has 1 unspecified atom stereocenters. The highest BCUT2D eigenvalue weighted by Gasteiger charge is 2.57. The Balaban J connectivity index is 1.59. The molecule has 110 valence electrons. The van der Waals surface area contributed by atoms with E-state index < -0.39 is 11.8 Å². The molecule has 0 amide bonds. The molecule has 0 bridgehead atoms. The summed E-state index contributed by atoms with van der Waals surface area (Å²) in [6.07, 6.45) is 3.21. The minimum Gasteiger partial charge on any atom is -0.237 e. The van der Waals surface area contributed by atoms with Crippen LogP contribution in [-0.2, 0) is 0 Å². The largest absolute Gasteiger partial charge is 0.255 e. The molecule has 4 rings (SSSR count). The van der Waals surface area contributed by atoms with Gasteiger partial charge in [-0.2, -0.15) is 0 Å². The Morgan fingerprint density at radius 1 is 1.05 bits per heavy atom. The molecule has 0 saturated heterocycles. The van der Waals surface area contributed by atoms with Gasteiger partial charge in [0.1, 0.15) is 6.33 Å². The number of alkyl halides is 2. The first-order chi connectivity index (χ1) is 10.6. The van der Waals surface area contributed by atoms with Crippen molar-refractivity contribution < 1.29 is 8.78 Å². The summed E-state index contributed by atoms with van der Waals surface area (Å²) in [4.78, 5) is 8.44. The molecule has 4 nitrogen and oxygen atoms in total. The lowest BCUT2D eigenvalue weighted by Crippen LogP contribution is -1.97. The molecule has 1 saturated carbocycles. The maximum Gasteiger partial charge on any atom is 0.255 e. The summed E-state index contributed by atoms with van der Waals surface area (Å²) in [6.45, 7) is 0. The van der Waals surface area contributed by atoms with Crippen molar-refractivity contribution in [3.63, 3.8) is 0 Å². The fraction of sp³-hybridized carbons (Fsp3) is 0.188. The van der Waals surface area contributed by atoms with E-state index in [9.17, 15) is 8.78 Å². The standard InChI is InChI=1S/C16H12F2N4/c17-16(18)9-13(16)11-4-6-12(7-5-11)15-20-10-22(21-15)14-3-1-2-8-19-14/h1-8,10,13H,9H2. The minimum absolute atomic E-state index is 0.0566. The second kappa shape index (κ2) is 4.69. The van der Waals surface area contributed by atoms with Gasteiger partial charge in [0.2, 0.25) is 0 Å². The molecule has 0 radical (unpaired) electrons. The number of halogens is 2. The molecule has 0 N–H and O–H groups in total. The molecule has 0 aliphatic heterocycles. The SMILES string of the molecule is FC1(F)CC1c1ccc(-c2ncn(-c3ccccn3)n2)cc1. The van der Waals surface area contributed by atoms with Gasteiger partial charge in [-0.25, -0.2) is 23.4 Å². The molecule has 1 aromatic carbocycles. The smallest absolute Gasteiger partial charge is 0.237 e. The molecule has 6 heteroatoms. The number of hydrogen-bond acceptors (Lipinski definition) is 3. The van der Waals surface area contributed by atoms with Crippen molar-refractivity contribution in [2.24, 2.45) is 0 Å². The van der Waals surface area contributed by atoms with Gasteiger partial charge in [0.15, 0.2) is 11.6 Å². The van der Waals surface area contributed by atoms with Crippen molar-refractivity contribution in [3.8, 4) is 17.2 Å². The fourth-order valence-corrected chi connectivity index (χ4v) is 2.43. The van der Waals surface area contributed by atoms with E-state index >= 15 is 0 Å². The highest BCUT2D eigenvalue weighted by Crippen LogP contribution is 2.55. The van der Waals surface area contributed by atoms with Crippen molar-refractivity contribution >= 4 is 0 Å². The zero-order valence-electron chi connectivity index (χ0n) is 11.5. The van der Waals surface area contributed by atoms with E-state index in [0.29, 0.717) is 17.2 Å². The van der Waals surface area contributed by atoms with Crippen molar-refractivity contribution in [3.05, 3.63) is 60.6 Å². The molecule has 1 atom stereocenters. The molecule has 2 aromatic heterocycles. The third-order valence-electron chi connectivity index (χ3n) is 3.77. The summed E-state index contributed by atoms with van der Waals surface area (Å²) in [5.74, 6) is -1.96. The zero-order valence-corrected chi connectivity index (χ0v) is 11.5. The monoisotopic (exact) mass is 298 g/mol. The predicted octanol–water partition coefficient (Wildman–Crippen LogP) is 3.45. The summed E-state index contributed by atoms with van der Waals surface area (Å²) in [6, 6.07) is 12.5. The van der Waals surface area contributed by atoms with E-state index in [4.69, 9.17) is 0 Å². The number of rotatable bonds is 3. The molecular formula is C16H12F2N4. The van der Waals surface area contributed by atoms with Crippen molar-refractivity contribution in [2.45, 2.75) is 18.3 Å². The van der Waals surface area contributed by atoms with Crippen molar-refractivity contribution in [1.29, 1.82) is 0 Å². The number of pyridine rings is 1. The van der Waals surface area contributed by atoms with Crippen molar-refractivity contribution in [2.75, 3.05) is 0 Å². The zero-order chi connectivity index (χ0) is 15.2. The first-order valence-corrected chi connectivity index (χ1v) is 6.95. The summed E-state index contributed by atoms with van der Waals surface area (Å²) in [5.41, 5.74) is 1.46. The second-order valence-electron chi connectivity index (χ2n) is 5.34. The summed E-state index contributed by atoms with van der Waals surface area (Å²) < 4.78 is 27.7. The van der Waals surface area contributed by atoms with E-state index in [1.165, 1.54) is 0 Å². The van der Waals surface area contributed by atoms with Crippen LogP contribution in [0.25, 0.3) is 17.2 Å². The normalized spacial score (nSPS) is 19.1. The number of aromatic nitrogens is 4. The fourth-order valence-electron chi connectivity index (χ4n) is 2.43. The highest BCUT2D eigenvalue weighted by molar-refractivity contribution is 5.55. The third kappa shape index (κ3) is 2.26. The number of hydrogen-bond donors (Lipinski definition) is 0. The van der Waals surface area contributed by atoms with Gasteiger partial charge >= 0.3 is 0 Å². The first kappa shape index (κ1) is 13.1. The van der Waals surface area contributed by atoms with Gasteiger partial charge in [-0.05, 0) is 17.7 Å². The lowest BCUT2D eigenvalue weighted by atomic mass is 10.1. The molecule has 3 aromatic rings. The lowest BCUT2D eigenvalue weighted by molar-refractivity contribution is 0.112. The Morgan fingerprint density at radius 2 is 1.82 bits per heavy atom. The van der Waals surface area contributed by atoms with Crippen LogP contribution in [-0.4, -0.2) is 25.7 Å². The second-order valence-corrected chi connectivity index (χ2v) is 5.34. The lowest BCUT2D eigenvalue weighted by Gasteiger charge is -2.01. The van der Waals surface area contributed by atoms with Crippen LogP contribution in [0.15, 0.2) is 55.0 Å². The van der Waals surface area contributed by atoms with Crippen LogP contribution in [0.2, 0.25) is 0 Å². The van der Waals surface area contributed by atoms with E-state index in [1.54, 1.807) is 41.5 Å². The number of nitrogens with zero attached hydrogens (tertiary/aromatic N) is 4. The van der Waals surface area contributed by atoms with Gasteiger partial charge in [-0.3, -0.25) is 0 Å². The van der Waals surface area contributed by atoms with Crippen LogP contribution in [0.3, 0.4) is 0 Å². The average Bonchev–Trinajstić information content (AvgIpc) is 2.98. The molecule has 1 fully saturated rings. The van der Waals surface area contributed by atoms with Gasteiger partial charge in [0.25, 0.3) is 5.92 Å². The first-order valence-electron chi connectivity index (χ1n) is 6.95. The van der Waals surface area contributed by atoms with E-state index in [0.717, 1.165) is 5.56 Å². The molecule has 1 aliphatic rings. The summed E-state index contributed by atoms with van der Waals surface area (Å²) in [5, 5.41) is 4.36. The minimum atomic E-state index is -2.54. The highest BCUT2D eigenvalue weighted by atomic mass is 19.3. The summed E-state index contributed by atoms with van der Waals surface area (Å²) >= 11 is 0. The van der Waals surface area contributed by atoms with Crippen LogP contribution in [0.5, 0.6) is 0 Å². The van der Waals surface area contributed by atoms with Crippen LogP contribution in [0.4, 0.5) is 8.78 Å². The Labute approximate surface area is 125 Å². The Bertz CT molecular complexity index is 797. The van der Waals surface area contributed by atoms with E-state index in [-0.39, 0.29) is 6.42 Å².